The summed E-state index contributed by atoms with van der Waals surface area (Å²) in [6, 6.07) is 0. The lowest BCUT2D eigenvalue weighted by atomic mass is 10.2. The van der Waals surface area contributed by atoms with Crippen LogP contribution in [0.1, 0.15) is 33.6 Å². The van der Waals surface area contributed by atoms with E-state index < -0.39 is 16.3 Å². The lowest BCUT2D eigenvalue weighted by molar-refractivity contribution is -0.150. The van der Waals surface area contributed by atoms with Crippen molar-refractivity contribution in [3.63, 3.8) is 0 Å². The summed E-state index contributed by atoms with van der Waals surface area (Å²) in [7, 11) is 0. The van der Waals surface area contributed by atoms with Crippen molar-refractivity contribution in [1.82, 2.24) is 0 Å². The average molecular weight is 307 g/mol. The number of alkyl halides is 1. The van der Waals surface area contributed by atoms with Crippen LogP contribution in [0.15, 0.2) is 12.2 Å². The van der Waals surface area contributed by atoms with E-state index >= 15 is 0 Å². The van der Waals surface area contributed by atoms with Gasteiger partial charge in [-0.2, -0.15) is 0 Å². The van der Waals surface area contributed by atoms with Crippen molar-refractivity contribution in [2.75, 3.05) is 13.2 Å². The van der Waals surface area contributed by atoms with Gasteiger partial charge in [-0.3, -0.25) is 4.79 Å². The van der Waals surface area contributed by atoms with Gasteiger partial charge in [0.15, 0.2) is 4.32 Å². The molecule has 1 atom stereocenters. The molecule has 0 amide bonds. The van der Waals surface area contributed by atoms with Crippen molar-refractivity contribution in [3.8, 4) is 0 Å². The van der Waals surface area contributed by atoms with Crippen LogP contribution < -0.4 is 0 Å². The van der Waals surface area contributed by atoms with Crippen LogP contribution in [-0.4, -0.2) is 29.5 Å². The summed E-state index contributed by atoms with van der Waals surface area (Å²) in [6.07, 6.45) is 1.78. The zero-order chi connectivity index (χ0) is 13.5. The molecule has 0 N–H and O–H groups in total. The van der Waals surface area contributed by atoms with Crippen LogP contribution in [0.4, 0.5) is 0 Å². The highest BCUT2D eigenvalue weighted by Crippen LogP contribution is 2.20. The van der Waals surface area contributed by atoms with Crippen LogP contribution in [0, 0.1) is 0 Å². The Morgan fingerprint density at radius 2 is 1.94 bits per heavy atom. The Bertz CT molecular complexity index is 297. The van der Waals surface area contributed by atoms with Gasteiger partial charge in [-0.1, -0.05) is 35.9 Å². The zero-order valence-corrected chi connectivity index (χ0v) is 12.1. The highest BCUT2D eigenvalue weighted by atomic mass is 79.9. The van der Waals surface area contributed by atoms with Crippen molar-refractivity contribution >= 4 is 27.9 Å². The molecule has 0 bridgehead atoms. The Balaban J connectivity index is 4.13. The first kappa shape index (κ1) is 16.2. The highest BCUT2D eigenvalue weighted by molar-refractivity contribution is 9.10. The number of halogens is 1. The van der Waals surface area contributed by atoms with Gasteiger partial charge in [-0.05, 0) is 20.3 Å². The zero-order valence-electron chi connectivity index (χ0n) is 10.5. The van der Waals surface area contributed by atoms with Crippen LogP contribution in [0.5, 0.6) is 0 Å². The smallest absolute Gasteiger partial charge is 0.333 e. The Hall–Kier alpha value is -0.840. The molecule has 5 heteroatoms. The van der Waals surface area contributed by atoms with Gasteiger partial charge in [0.1, 0.15) is 6.61 Å². The van der Waals surface area contributed by atoms with E-state index in [4.69, 9.17) is 9.47 Å². The van der Waals surface area contributed by atoms with E-state index in [0.29, 0.717) is 12.2 Å². The quantitative estimate of drug-likeness (QED) is 0.314. The molecule has 0 radical (unpaired) electrons. The first-order valence-corrected chi connectivity index (χ1v) is 6.29. The molecule has 0 spiro atoms. The number of esters is 2. The molecule has 0 aliphatic rings. The lowest BCUT2D eigenvalue weighted by Gasteiger charge is -2.20. The van der Waals surface area contributed by atoms with Crippen molar-refractivity contribution in [1.29, 1.82) is 0 Å². The second-order valence-corrected chi connectivity index (χ2v) is 5.79. The summed E-state index contributed by atoms with van der Waals surface area (Å²) in [5.41, 5.74) is 0.299. The van der Waals surface area contributed by atoms with E-state index in [0.717, 1.165) is 12.8 Å². The number of carbonyl (C=O) groups excluding carboxylic acids is 2. The van der Waals surface area contributed by atoms with Crippen molar-refractivity contribution < 1.29 is 19.1 Å². The predicted molar refractivity (Wildman–Crippen MR) is 69.0 cm³/mol. The lowest BCUT2D eigenvalue weighted by Crippen LogP contribution is -2.36. The van der Waals surface area contributed by atoms with E-state index in [2.05, 4.69) is 22.5 Å². The third kappa shape index (κ3) is 6.46. The summed E-state index contributed by atoms with van der Waals surface area (Å²) in [5, 5.41) is 0. The monoisotopic (exact) mass is 306 g/mol. The minimum Gasteiger partial charge on any atom is -0.465 e. The van der Waals surface area contributed by atoms with E-state index in [1.54, 1.807) is 13.8 Å². The maximum atomic E-state index is 11.6. The van der Waals surface area contributed by atoms with Gasteiger partial charge in [0, 0.05) is 5.57 Å². The molecule has 0 aromatic rings. The van der Waals surface area contributed by atoms with Crippen LogP contribution in [-0.2, 0) is 19.1 Å². The fraction of sp³-hybridized carbons (Fsp3) is 0.667. The minimum absolute atomic E-state index is 0.0797. The Kier molecular flexibility index (Phi) is 7.11. The van der Waals surface area contributed by atoms with Crippen molar-refractivity contribution in [3.05, 3.63) is 12.2 Å². The van der Waals surface area contributed by atoms with Crippen LogP contribution in [0.3, 0.4) is 0 Å². The summed E-state index contributed by atoms with van der Waals surface area (Å²) in [4.78, 5) is 22.8. The normalized spacial score (nSPS) is 13.6. The minimum atomic E-state index is -1.01. The van der Waals surface area contributed by atoms with Crippen LogP contribution in [0.25, 0.3) is 0 Å². The van der Waals surface area contributed by atoms with Gasteiger partial charge >= 0.3 is 11.9 Å². The third-order valence-electron chi connectivity index (χ3n) is 1.98. The first-order valence-electron chi connectivity index (χ1n) is 5.50. The van der Waals surface area contributed by atoms with E-state index in [1.807, 2.05) is 6.92 Å². The second-order valence-electron chi connectivity index (χ2n) is 4.04. The molecule has 0 fully saturated rings. The van der Waals surface area contributed by atoms with Crippen LogP contribution >= 0.6 is 15.9 Å². The molecule has 98 valence electrons. The van der Waals surface area contributed by atoms with E-state index in [1.165, 1.54) is 0 Å². The van der Waals surface area contributed by atoms with E-state index in [-0.39, 0.29) is 6.61 Å². The van der Waals surface area contributed by atoms with Crippen LogP contribution in [0.2, 0.25) is 0 Å². The summed E-state index contributed by atoms with van der Waals surface area (Å²) in [5.74, 6) is -0.947. The Morgan fingerprint density at radius 1 is 1.35 bits per heavy atom. The average Bonchev–Trinajstić information content (AvgIpc) is 2.25. The van der Waals surface area contributed by atoms with Gasteiger partial charge < -0.3 is 9.47 Å². The van der Waals surface area contributed by atoms with Crippen molar-refractivity contribution in [2.45, 2.75) is 37.9 Å². The number of hydrogen-bond acceptors (Lipinski definition) is 4. The summed E-state index contributed by atoms with van der Waals surface area (Å²) >= 11 is 3.20. The standard InChI is InChI=1S/C12H19BrO4/c1-5-6-7-16-11(15)12(4,13)8-17-10(14)9(2)3/h2,5-8H2,1,3-4H3. The largest absolute Gasteiger partial charge is 0.465 e. The molecule has 0 aromatic carbocycles. The number of ether oxygens (including phenoxy) is 2. The first-order chi connectivity index (χ1) is 7.81. The molecule has 1 unspecified atom stereocenters. The maximum Gasteiger partial charge on any atom is 0.333 e. The highest BCUT2D eigenvalue weighted by Gasteiger charge is 2.33. The van der Waals surface area contributed by atoms with Gasteiger partial charge in [0.25, 0.3) is 0 Å². The Morgan fingerprint density at radius 3 is 2.41 bits per heavy atom. The van der Waals surface area contributed by atoms with E-state index in [9.17, 15) is 9.59 Å². The number of carbonyl (C=O) groups is 2. The molecule has 0 aliphatic carbocycles. The predicted octanol–water partition coefficient (Wildman–Crippen LogP) is 2.60. The molecule has 17 heavy (non-hydrogen) atoms. The topological polar surface area (TPSA) is 52.6 Å². The molecule has 4 nitrogen and oxygen atoms in total. The summed E-state index contributed by atoms with van der Waals surface area (Å²) < 4.78 is 8.94. The molecule has 0 rings (SSSR count). The molecule has 0 aliphatic heterocycles. The number of hydrogen-bond donors (Lipinski definition) is 0. The Labute approximate surface area is 110 Å². The maximum absolute atomic E-state index is 11.6. The van der Waals surface area contributed by atoms with Gasteiger partial charge in [0.05, 0.1) is 6.61 Å². The molecular formula is C12H19BrO4. The molecule has 0 saturated carbocycles. The molecule has 0 saturated heterocycles. The van der Waals surface area contributed by atoms with Crippen molar-refractivity contribution in [2.24, 2.45) is 0 Å². The molecular weight excluding hydrogens is 288 g/mol. The third-order valence-corrected chi connectivity index (χ3v) is 2.53. The fourth-order valence-corrected chi connectivity index (χ4v) is 1.07. The number of unbranched alkanes of at least 4 members (excludes halogenated alkanes) is 1. The second kappa shape index (κ2) is 7.48. The van der Waals surface area contributed by atoms with Gasteiger partial charge in [-0.25, -0.2) is 4.79 Å². The SMILES string of the molecule is C=C(C)C(=O)OCC(C)(Br)C(=O)OCCCC. The van der Waals surface area contributed by atoms with Gasteiger partial charge in [-0.15, -0.1) is 0 Å². The molecule has 0 aromatic heterocycles. The fourth-order valence-electron chi connectivity index (χ4n) is 0.843. The molecule has 0 heterocycles. The number of rotatable bonds is 7. The van der Waals surface area contributed by atoms with Gasteiger partial charge in [0.2, 0.25) is 0 Å². The summed E-state index contributed by atoms with van der Waals surface area (Å²) in [6.45, 7) is 8.92.